The number of methoxy groups -OCH3 is 1. The molecule has 2 aliphatic rings. The van der Waals surface area contributed by atoms with Crippen molar-refractivity contribution in [1.29, 1.82) is 0 Å². The molecule has 1 fully saturated rings. The van der Waals surface area contributed by atoms with Gasteiger partial charge in [-0.1, -0.05) is 64.0 Å². The zero-order chi connectivity index (χ0) is 20.6. The smallest absolute Gasteiger partial charge is 0.305 e. The molecule has 0 aromatic rings. The van der Waals surface area contributed by atoms with Crippen molar-refractivity contribution in [3.8, 4) is 0 Å². The molecule has 1 saturated carbocycles. The van der Waals surface area contributed by atoms with E-state index in [-0.39, 0.29) is 17.2 Å². The lowest BCUT2D eigenvalue weighted by atomic mass is 9.78. The van der Waals surface area contributed by atoms with E-state index in [1.807, 2.05) is 6.08 Å². The minimum absolute atomic E-state index is 0.136. The molecule has 0 aromatic heterocycles. The summed E-state index contributed by atoms with van der Waals surface area (Å²) in [7, 11) is 1.43. The molecule has 2 rings (SSSR count). The maximum Gasteiger partial charge on any atom is 0.305 e. The van der Waals surface area contributed by atoms with Crippen molar-refractivity contribution < 1.29 is 14.3 Å². The first-order chi connectivity index (χ1) is 13.4. The number of rotatable bonds is 12. The monoisotopic (exact) mass is 386 g/mol. The first-order valence-corrected chi connectivity index (χ1v) is 11.0. The highest BCUT2D eigenvalue weighted by atomic mass is 16.5. The Morgan fingerprint density at radius 1 is 1.14 bits per heavy atom. The van der Waals surface area contributed by atoms with Crippen LogP contribution in [0, 0.1) is 29.1 Å². The minimum atomic E-state index is -0.255. The quantitative estimate of drug-likeness (QED) is 0.177. The van der Waals surface area contributed by atoms with Crippen LogP contribution >= 0.6 is 0 Å². The highest BCUT2D eigenvalue weighted by Gasteiger charge is 2.42. The normalized spacial score (nSPS) is 26.6. The standard InChI is InChI=1S/C25H38O3/c1-5-6-17-25(2,3)23(26)16-15-22-20-14-13-19(18-20)21(22)11-9-7-8-10-12-24(27)28-4/h7,9,13-16,19-22H,5-6,8,10-12,17-18H2,1-4H3/b9-7-,16-15?/t19-,20-,21?,22?/m0/s1. The molecule has 0 amide bonds. The summed E-state index contributed by atoms with van der Waals surface area (Å²) in [4.78, 5) is 23.8. The summed E-state index contributed by atoms with van der Waals surface area (Å²) in [5.74, 6) is 2.43. The minimum Gasteiger partial charge on any atom is -0.469 e. The van der Waals surface area contributed by atoms with Gasteiger partial charge in [0.15, 0.2) is 5.78 Å². The van der Waals surface area contributed by atoms with E-state index in [2.05, 4.69) is 55.9 Å². The van der Waals surface area contributed by atoms with Gasteiger partial charge in [-0.25, -0.2) is 0 Å². The van der Waals surface area contributed by atoms with E-state index in [0.717, 1.165) is 38.5 Å². The van der Waals surface area contributed by atoms with E-state index in [0.29, 0.717) is 30.1 Å². The molecule has 0 radical (unpaired) electrons. The number of hydrogen-bond donors (Lipinski definition) is 0. The van der Waals surface area contributed by atoms with Gasteiger partial charge in [-0.2, -0.15) is 0 Å². The molecule has 0 aliphatic heterocycles. The van der Waals surface area contributed by atoms with Gasteiger partial charge in [0.1, 0.15) is 0 Å². The topological polar surface area (TPSA) is 43.4 Å². The number of carbonyl (C=O) groups is 2. The summed E-state index contributed by atoms with van der Waals surface area (Å²) in [6, 6.07) is 0. The summed E-state index contributed by atoms with van der Waals surface area (Å²) < 4.78 is 4.67. The Hall–Kier alpha value is -1.64. The van der Waals surface area contributed by atoms with Gasteiger partial charge < -0.3 is 4.74 Å². The van der Waals surface area contributed by atoms with Gasteiger partial charge in [-0.3, -0.25) is 9.59 Å². The van der Waals surface area contributed by atoms with Crippen molar-refractivity contribution >= 4 is 11.8 Å². The number of esters is 1. The third-order valence-electron chi connectivity index (χ3n) is 6.54. The van der Waals surface area contributed by atoms with Crippen molar-refractivity contribution in [3.63, 3.8) is 0 Å². The molecule has 0 spiro atoms. The summed E-state index contributed by atoms with van der Waals surface area (Å²) in [6.07, 6.45) is 21.0. The molecule has 156 valence electrons. The second kappa shape index (κ2) is 10.8. The van der Waals surface area contributed by atoms with Crippen LogP contribution in [0.15, 0.2) is 36.5 Å². The maximum absolute atomic E-state index is 12.7. The van der Waals surface area contributed by atoms with Gasteiger partial charge in [0.2, 0.25) is 0 Å². The van der Waals surface area contributed by atoms with Crippen LogP contribution in [0.5, 0.6) is 0 Å². The number of carbonyl (C=O) groups excluding carboxylic acids is 2. The molecule has 3 nitrogen and oxygen atoms in total. The molecular weight excluding hydrogens is 348 g/mol. The Balaban J connectivity index is 1.87. The molecule has 4 atom stereocenters. The van der Waals surface area contributed by atoms with Gasteiger partial charge in [0, 0.05) is 11.8 Å². The number of ketones is 1. The highest BCUT2D eigenvalue weighted by Crippen LogP contribution is 2.50. The van der Waals surface area contributed by atoms with Crippen LogP contribution in [0.25, 0.3) is 0 Å². The lowest BCUT2D eigenvalue weighted by Gasteiger charge is -2.25. The summed E-state index contributed by atoms with van der Waals surface area (Å²) >= 11 is 0. The summed E-state index contributed by atoms with van der Waals surface area (Å²) in [6.45, 7) is 6.32. The number of allylic oxidation sites excluding steroid dienone is 6. The average Bonchev–Trinajstić information content (AvgIpc) is 3.28. The lowest BCUT2D eigenvalue weighted by Crippen LogP contribution is -2.23. The Labute approximate surface area is 171 Å². The van der Waals surface area contributed by atoms with Crippen molar-refractivity contribution in [3.05, 3.63) is 36.5 Å². The van der Waals surface area contributed by atoms with Crippen LogP contribution in [0.3, 0.4) is 0 Å². The second-order valence-corrected chi connectivity index (χ2v) is 9.08. The van der Waals surface area contributed by atoms with Gasteiger partial charge in [0.05, 0.1) is 7.11 Å². The number of ether oxygens (including phenoxy) is 1. The Morgan fingerprint density at radius 3 is 2.61 bits per heavy atom. The van der Waals surface area contributed by atoms with E-state index >= 15 is 0 Å². The van der Waals surface area contributed by atoms with Crippen LogP contribution in [0.4, 0.5) is 0 Å². The number of unbranched alkanes of at least 4 members (excludes halogenated alkanes) is 2. The molecule has 0 heterocycles. The average molecular weight is 387 g/mol. The molecule has 0 saturated heterocycles. The van der Waals surface area contributed by atoms with Gasteiger partial charge in [0.25, 0.3) is 0 Å². The largest absolute Gasteiger partial charge is 0.469 e. The van der Waals surface area contributed by atoms with Crippen molar-refractivity contribution in [2.24, 2.45) is 29.1 Å². The molecule has 2 unspecified atom stereocenters. The lowest BCUT2D eigenvalue weighted by molar-refractivity contribution is -0.140. The number of fused-ring (bicyclic) bond motifs is 2. The Bertz CT molecular complexity index is 611. The van der Waals surface area contributed by atoms with Crippen molar-refractivity contribution in [2.75, 3.05) is 7.11 Å². The summed E-state index contributed by atoms with van der Waals surface area (Å²) in [5, 5.41) is 0. The second-order valence-electron chi connectivity index (χ2n) is 9.08. The fourth-order valence-electron chi connectivity index (χ4n) is 4.58. The van der Waals surface area contributed by atoms with Crippen LogP contribution in [-0.2, 0) is 14.3 Å². The molecule has 3 heteroatoms. The first-order valence-electron chi connectivity index (χ1n) is 11.0. The fraction of sp³-hybridized carbons (Fsp3) is 0.680. The predicted octanol–water partition coefficient (Wildman–Crippen LogP) is 6.06. The van der Waals surface area contributed by atoms with E-state index in [4.69, 9.17) is 0 Å². The van der Waals surface area contributed by atoms with Crippen molar-refractivity contribution in [2.45, 2.75) is 72.1 Å². The summed E-state index contributed by atoms with van der Waals surface area (Å²) in [5.41, 5.74) is -0.255. The van der Waals surface area contributed by atoms with E-state index in [9.17, 15) is 9.59 Å². The first kappa shape index (κ1) is 22.6. The van der Waals surface area contributed by atoms with Crippen molar-refractivity contribution in [1.82, 2.24) is 0 Å². The molecule has 0 aromatic carbocycles. The van der Waals surface area contributed by atoms with Gasteiger partial charge >= 0.3 is 5.97 Å². The van der Waals surface area contributed by atoms with Crippen LogP contribution in [-0.4, -0.2) is 18.9 Å². The predicted molar refractivity (Wildman–Crippen MR) is 115 cm³/mol. The number of hydrogen-bond acceptors (Lipinski definition) is 3. The SMILES string of the molecule is CCCCC(C)(C)C(=O)C=CC1C(C/C=C\CCCC(=O)OC)[C@H]2C=C[C@H]1C2. The third kappa shape index (κ3) is 6.18. The Kier molecular flexibility index (Phi) is 8.72. The molecule has 2 aliphatic carbocycles. The van der Waals surface area contributed by atoms with Crippen LogP contribution < -0.4 is 0 Å². The van der Waals surface area contributed by atoms with E-state index in [1.165, 1.54) is 13.5 Å². The molecule has 2 bridgehead atoms. The van der Waals surface area contributed by atoms with E-state index < -0.39 is 0 Å². The van der Waals surface area contributed by atoms with Gasteiger partial charge in [-0.05, 0) is 61.9 Å². The fourth-order valence-corrected chi connectivity index (χ4v) is 4.58. The highest BCUT2D eigenvalue weighted by molar-refractivity contribution is 5.94. The maximum atomic E-state index is 12.7. The molecule has 0 N–H and O–H groups in total. The van der Waals surface area contributed by atoms with Gasteiger partial charge in [-0.15, -0.1) is 0 Å². The third-order valence-corrected chi connectivity index (χ3v) is 6.54. The Morgan fingerprint density at radius 2 is 1.89 bits per heavy atom. The van der Waals surface area contributed by atoms with Crippen LogP contribution in [0.1, 0.15) is 72.1 Å². The molecular formula is C25H38O3. The zero-order valence-corrected chi connectivity index (χ0v) is 18.2. The molecule has 28 heavy (non-hydrogen) atoms. The van der Waals surface area contributed by atoms with Crippen LogP contribution in [0.2, 0.25) is 0 Å². The van der Waals surface area contributed by atoms with E-state index in [1.54, 1.807) is 0 Å². The zero-order valence-electron chi connectivity index (χ0n) is 18.2.